The Hall–Kier alpha value is -2.52. The molecule has 0 aromatic heterocycles. The summed E-state index contributed by atoms with van der Waals surface area (Å²) in [7, 11) is 0. The van der Waals surface area contributed by atoms with Crippen LogP contribution in [0.3, 0.4) is 0 Å². The molecule has 2 aromatic carbocycles. The van der Waals surface area contributed by atoms with Gasteiger partial charge in [0.15, 0.2) is 5.75 Å². The van der Waals surface area contributed by atoms with E-state index in [2.05, 4.69) is 5.16 Å². The number of hydrogen-bond acceptors (Lipinski definition) is 5. The molecule has 1 N–H and O–H groups in total. The van der Waals surface area contributed by atoms with Crippen molar-refractivity contribution < 1.29 is 28.0 Å². The zero-order chi connectivity index (χ0) is 18.8. The highest BCUT2D eigenvalue weighted by atomic mass is 35.5. The van der Waals surface area contributed by atoms with Crippen molar-refractivity contribution in [3.8, 4) is 11.5 Å². The summed E-state index contributed by atoms with van der Waals surface area (Å²) in [5.74, 6) is -0.651. The van der Waals surface area contributed by atoms with Gasteiger partial charge in [0.2, 0.25) is 5.75 Å². The Morgan fingerprint density at radius 3 is 2.48 bits per heavy atom. The van der Waals surface area contributed by atoms with Crippen LogP contribution in [-0.4, -0.2) is 16.3 Å². The lowest BCUT2D eigenvalue weighted by Gasteiger charge is -2.13. The highest BCUT2D eigenvalue weighted by Crippen LogP contribution is 2.41. The van der Waals surface area contributed by atoms with E-state index in [1.807, 2.05) is 0 Å². The first-order valence-corrected chi connectivity index (χ1v) is 7.09. The van der Waals surface area contributed by atoms with Crippen LogP contribution in [0.1, 0.15) is 11.1 Å². The molecule has 0 unspecified atom stereocenters. The fourth-order valence-corrected chi connectivity index (χ4v) is 2.43. The van der Waals surface area contributed by atoms with E-state index in [1.54, 1.807) is 0 Å². The van der Waals surface area contributed by atoms with Crippen molar-refractivity contribution in [2.75, 3.05) is 0 Å². The lowest BCUT2D eigenvalue weighted by atomic mass is 10.1. The number of nitro benzene ring substituents is 1. The first-order valence-electron chi connectivity index (χ1n) is 6.33. The number of halogens is 5. The molecule has 6 nitrogen and oxygen atoms in total. The molecule has 2 rings (SSSR count). The summed E-state index contributed by atoms with van der Waals surface area (Å²) >= 11 is 11.8. The van der Waals surface area contributed by atoms with Crippen LogP contribution in [0.4, 0.5) is 18.9 Å². The minimum Gasteiger partial charge on any atom is -0.448 e. The lowest BCUT2D eigenvalue weighted by Crippen LogP contribution is -2.06. The predicted octanol–water partition coefficient (Wildman–Crippen LogP) is 5.52. The second kappa shape index (κ2) is 7.16. The van der Waals surface area contributed by atoms with Crippen LogP contribution in [0.2, 0.25) is 10.0 Å². The minimum absolute atomic E-state index is 0.0641. The van der Waals surface area contributed by atoms with Crippen LogP contribution in [0.15, 0.2) is 35.5 Å². The number of benzene rings is 2. The molecule has 0 fully saturated rings. The minimum atomic E-state index is -4.75. The summed E-state index contributed by atoms with van der Waals surface area (Å²) < 4.78 is 43.5. The maximum absolute atomic E-state index is 12.7. The molecule has 0 aliphatic rings. The number of nitrogens with zero attached hydrogens (tertiary/aromatic N) is 2. The molecule has 0 saturated heterocycles. The van der Waals surface area contributed by atoms with Gasteiger partial charge in [-0.2, -0.15) is 13.2 Å². The van der Waals surface area contributed by atoms with E-state index in [0.29, 0.717) is 12.1 Å². The van der Waals surface area contributed by atoms with Gasteiger partial charge >= 0.3 is 11.9 Å². The van der Waals surface area contributed by atoms with E-state index in [4.69, 9.17) is 33.1 Å². The van der Waals surface area contributed by atoms with Crippen LogP contribution >= 0.6 is 23.2 Å². The quantitative estimate of drug-likeness (QED) is 0.320. The molecule has 11 heteroatoms. The van der Waals surface area contributed by atoms with Crippen molar-refractivity contribution in [3.63, 3.8) is 0 Å². The Morgan fingerprint density at radius 2 is 1.92 bits per heavy atom. The standard InChI is InChI=1S/C14H7Cl2F3N2O4/c15-9-3-7(6-20-22)13(10(16)5-9)25-12-2-1-8(14(17,18)19)4-11(12)21(23)24/h1-6,22H/b20-6-. The SMILES string of the molecule is O=[N+]([O-])c1cc(C(F)(F)F)ccc1Oc1c(Cl)cc(Cl)cc1/C=N\O. The number of oxime groups is 1. The summed E-state index contributed by atoms with van der Waals surface area (Å²) in [6, 6.07) is 4.32. The number of nitro groups is 1. The second-order valence-electron chi connectivity index (χ2n) is 4.59. The molecule has 0 aliphatic heterocycles. The molecule has 0 aliphatic carbocycles. The number of hydrogen-bond donors (Lipinski definition) is 1. The second-order valence-corrected chi connectivity index (χ2v) is 5.43. The van der Waals surface area contributed by atoms with Crippen molar-refractivity contribution in [3.05, 3.63) is 61.6 Å². The van der Waals surface area contributed by atoms with E-state index >= 15 is 0 Å². The van der Waals surface area contributed by atoms with E-state index in [0.717, 1.165) is 12.3 Å². The van der Waals surface area contributed by atoms with Crippen molar-refractivity contribution in [2.45, 2.75) is 6.18 Å². The maximum atomic E-state index is 12.7. The van der Waals surface area contributed by atoms with Crippen LogP contribution in [0.25, 0.3) is 0 Å². The molecule has 0 spiro atoms. The molecular formula is C14H7Cl2F3N2O4. The highest BCUT2D eigenvalue weighted by molar-refractivity contribution is 6.36. The van der Waals surface area contributed by atoms with Crippen LogP contribution in [-0.2, 0) is 6.18 Å². The average Bonchev–Trinajstić information content (AvgIpc) is 2.49. The van der Waals surface area contributed by atoms with Crippen LogP contribution in [0, 0.1) is 10.1 Å². The van der Waals surface area contributed by atoms with Crippen LogP contribution in [0.5, 0.6) is 11.5 Å². The molecule has 0 amide bonds. The van der Waals surface area contributed by atoms with Gasteiger partial charge in [-0.15, -0.1) is 0 Å². The molecule has 0 heterocycles. The van der Waals surface area contributed by atoms with E-state index in [-0.39, 0.29) is 21.4 Å². The molecular weight excluding hydrogens is 388 g/mol. The maximum Gasteiger partial charge on any atom is 0.416 e. The third kappa shape index (κ3) is 4.31. The Morgan fingerprint density at radius 1 is 1.24 bits per heavy atom. The van der Waals surface area contributed by atoms with Gasteiger partial charge in [0.25, 0.3) is 0 Å². The van der Waals surface area contributed by atoms with Crippen molar-refractivity contribution in [1.29, 1.82) is 0 Å². The van der Waals surface area contributed by atoms with Gasteiger partial charge in [0.1, 0.15) is 0 Å². The van der Waals surface area contributed by atoms with E-state index in [9.17, 15) is 23.3 Å². The first-order chi connectivity index (χ1) is 11.6. The zero-order valence-corrected chi connectivity index (χ0v) is 13.4. The number of alkyl halides is 3. The third-order valence-corrected chi connectivity index (χ3v) is 3.43. The highest BCUT2D eigenvalue weighted by Gasteiger charge is 2.33. The fourth-order valence-electron chi connectivity index (χ4n) is 1.88. The molecule has 132 valence electrons. The summed E-state index contributed by atoms with van der Waals surface area (Å²) in [5.41, 5.74) is -2.05. The molecule has 0 radical (unpaired) electrons. The van der Waals surface area contributed by atoms with Gasteiger partial charge < -0.3 is 9.94 Å². The molecule has 0 atom stereocenters. The Kier molecular flexibility index (Phi) is 5.39. The Balaban J connectivity index is 2.56. The Bertz CT molecular complexity index is 857. The summed E-state index contributed by atoms with van der Waals surface area (Å²) in [5, 5.41) is 22.6. The largest absolute Gasteiger partial charge is 0.448 e. The third-order valence-electron chi connectivity index (χ3n) is 2.93. The number of rotatable bonds is 4. The molecule has 0 bridgehead atoms. The van der Waals surface area contributed by atoms with Gasteiger partial charge in [-0.1, -0.05) is 28.4 Å². The molecule has 0 saturated carbocycles. The van der Waals surface area contributed by atoms with Gasteiger partial charge in [-0.25, -0.2) is 0 Å². The summed E-state index contributed by atoms with van der Waals surface area (Å²) in [6.07, 6.45) is -3.85. The van der Waals surface area contributed by atoms with Crippen molar-refractivity contribution in [2.24, 2.45) is 5.16 Å². The van der Waals surface area contributed by atoms with E-state index < -0.39 is 28.1 Å². The molecule has 2 aromatic rings. The van der Waals surface area contributed by atoms with Crippen molar-refractivity contribution in [1.82, 2.24) is 0 Å². The summed E-state index contributed by atoms with van der Waals surface area (Å²) in [6.45, 7) is 0. The fraction of sp³-hybridized carbons (Fsp3) is 0.0714. The molecule has 25 heavy (non-hydrogen) atoms. The Labute approximate surface area is 148 Å². The van der Waals surface area contributed by atoms with Gasteiger partial charge in [0.05, 0.1) is 21.7 Å². The first kappa shape index (κ1) is 18.8. The van der Waals surface area contributed by atoms with Crippen molar-refractivity contribution >= 4 is 35.1 Å². The van der Waals surface area contributed by atoms with Gasteiger partial charge in [-0.3, -0.25) is 10.1 Å². The predicted molar refractivity (Wildman–Crippen MR) is 84.0 cm³/mol. The smallest absolute Gasteiger partial charge is 0.416 e. The monoisotopic (exact) mass is 394 g/mol. The summed E-state index contributed by atoms with van der Waals surface area (Å²) in [4.78, 5) is 10.1. The normalized spacial score (nSPS) is 11.7. The topological polar surface area (TPSA) is 85.0 Å². The van der Waals surface area contributed by atoms with Crippen LogP contribution < -0.4 is 4.74 Å². The van der Waals surface area contributed by atoms with Gasteiger partial charge in [0, 0.05) is 16.7 Å². The van der Waals surface area contributed by atoms with Gasteiger partial charge in [-0.05, 0) is 24.3 Å². The van der Waals surface area contributed by atoms with E-state index in [1.165, 1.54) is 12.1 Å². The lowest BCUT2D eigenvalue weighted by molar-refractivity contribution is -0.385. The average molecular weight is 395 g/mol. The number of ether oxygens (including phenoxy) is 1. The zero-order valence-electron chi connectivity index (χ0n) is 11.9.